The molecule has 0 atom stereocenters. The van der Waals surface area contributed by atoms with E-state index in [1.165, 1.54) is 6.07 Å². The molecule has 0 aromatic heterocycles. The normalized spacial score (nSPS) is 10.3. The van der Waals surface area contributed by atoms with Crippen molar-refractivity contribution in [3.05, 3.63) is 84.9 Å². The van der Waals surface area contributed by atoms with Crippen LogP contribution in [-0.4, -0.2) is 5.11 Å². The molecule has 0 heterocycles. The predicted octanol–water partition coefficient (Wildman–Crippen LogP) is 5.16. The summed E-state index contributed by atoms with van der Waals surface area (Å²) in [6.45, 7) is 0. The van der Waals surface area contributed by atoms with Crippen molar-refractivity contribution < 1.29 is 18.7 Å². The fourth-order valence-electron chi connectivity index (χ4n) is 1.82. The first-order valence-corrected chi connectivity index (χ1v) is 8.12. The highest BCUT2D eigenvalue weighted by molar-refractivity contribution is 7.43. The van der Waals surface area contributed by atoms with Gasteiger partial charge in [0.2, 0.25) is 0 Å². The Balaban J connectivity index is 1.77. The molecule has 5 heteroatoms. The average Bonchev–Trinajstić information content (AvgIpc) is 2.57. The molecule has 3 aromatic rings. The lowest BCUT2D eigenvalue weighted by atomic mass is 10.3. The number of phenolic OH excluding ortho intramolecular Hbond substituents is 1. The van der Waals surface area contributed by atoms with Crippen LogP contribution in [0, 0.1) is 0 Å². The Kier molecular flexibility index (Phi) is 4.97. The molecule has 0 amide bonds. The zero-order valence-corrected chi connectivity index (χ0v) is 13.1. The molecule has 3 rings (SSSR count). The lowest BCUT2D eigenvalue weighted by Crippen LogP contribution is -2.02. The largest absolute Gasteiger partial charge is 0.530 e. The Morgan fingerprint density at radius 2 is 1.04 bits per heavy atom. The van der Waals surface area contributed by atoms with Gasteiger partial charge in [-0.15, -0.1) is 0 Å². The maximum atomic E-state index is 9.55. The van der Waals surface area contributed by atoms with E-state index in [1.54, 1.807) is 18.2 Å². The number of phenols is 1. The van der Waals surface area contributed by atoms with Crippen LogP contribution in [-0.2, 0) is 0 Å². The second-order valence-corrected chi connectivity index (χ2v) is 5.62. The van der Waals surface area contributed by atoms with Crippen LogP contribution in [0.4, 0.5) is 0 Å². The van der Waals surface area contributed by atoms with Crippen LogP contribution in [0.1, 0.15) is 0 Å². The minimum atomic E-state index is -1.71. The summed E-state index contributed by atoms with van der Waals surface area (Å²) in [5.41, 5.74) is 0. The maximum absolute atomic E-state index is 9.55. The van der Waals surface area contributed by atoms with Gasteiger partial charge in [-0.25, -0.2) is 0 Å². The molecule has 0 spiro atoms. The Hall–Kier alpha value is -2.71. The van der Waals surface area contributed by atoms with Crippen LogP contribution in [0.2, 0.25) is 0 Å². The topological polar surface area (TPSA) is 47.9 Å². The smallest absolute Gasteiger partial charge is 0.508 e. The third kappa shape index (κ3) is 4.63. The minimum Gasteiger partial charge on any atom is -0.508 e. The van der Waals surface area contributed by atoms with Crippen LogP contribution in [0.3, 0.4) is 0 Å². The maximum Gasteiger partial charge on any atom is 0.530 e. The zero-order valence-electron chi connectivity index (χ0n) is 12.2. The number of benzene rings is 3. The van der Waals surface area contributed by atoms with Crippen LogP contribution in [0.25, 0.3) is 0 Å². The van der Waals surface area contributed by atoms with Gasteiger partial charge < -0.3 is 18.7 Å². The lowest BCUT2D eigenvalue weighted by Gasteiger charge is -2.17. The van der Waals surface area contributed by atoms with Crippen LogP contribution >= 0.6 is 8.60 Å². The second kappa shape index (κ2) is 7.52. The van der Waals surface area contributed by atoms with Gasteiger partial charge in [0.25, 0.3) is 0 Å². The van der Waals surface area contributed by atoms with Crippen LogP contribution < -0.4 is 13.6 Å². The van der Waals surface area contributed by atoms with Gasteiger partial charge in [-0.05, 0) is 36.4 Å². The second-order valence-electron chi connectivity index (χ2n) is 4.62. The van der Waals surface area contributed by atoms with Crippen molar-refractivity contribution in [3.8, 4) is 23.0 Å². The van der Waals surface area contributed by atoms with Crippen molar-refractivity contribution in [2.45, 2.75) is 0 Å². The fourth-order valence-corrected chi connectivity index (χ4v) is 2.80. The predicted molar refractivity (Wildman–Crippen MR) is 89.8 cm³/mol. The molecule has 4 nitrogen and oxygen atoms in total. The molecule has 0 fully saturated rings. The molecule has 1 N–H and O–H groups in total. The van der Waals surface area contributed by atoms with Gasteiger partial charge in [-0.2, -0.15) is 0 Å². The summed E-state index contributed by atoms with van der Waals surface area (Å²) in [5.74, 6) is 1.89. The molecular formula is C18H15O4P. The molecule has 0 aliphatic heterocycles. The Morgan fingerprint density at radius 3 is 1.57 bits per heavy atom. The van der Waals surface area contributed by atoms with Crippen molar-refractivity contribution in [1.82, 2.24) is 0 Å². The van der Waals surface area contributed by atoms with Crippen LogP contribution in [0.5, 0.6) is 23.0 Å². The highest BCUT2D eigenvalue weighted by Crippen LogP contribution is 2.42. The average molecular weight is 326 g/mol. The number of rotatable bonds is 6. The van der Waals surface area contributed by atoms with E-state index >= 15 is 0 Å². The third-order valence-electron chi connectivity index (χ3n) is 2.84. The number of para-hydroxylation sites is 2. The summed E-state index contributed by atoms with van der Waals surface area (Å²) in [4.78, 5) is 0. The van der Waals surface area contributed by atoms with E-state index in [-0.39, 0.29) is 5.75 Å². The summed E-state index contributed by atoms with van der Waals surface area (Å²) in [6.07, 6.45) is 0. The molecular weight excluding hydrogens is 311 g/mol. The van der Waals surface area contributed by atoms with Crippen molar-refractivity contribution in [3.63, 3.8) is 0 Å². The molecule has 0 radical (unpaired) electrons. The molecule has 3 aromatic carbocycles. The van der Waals surface area contributed by atoms with Crippen LogP contribution in [0.15, 0.2) is 84.9 Å². The first-order chi connectivity index (χ1) is 11.3. The Bertz CT molecular complexity index is 693. The first kappa shape index (κ1) is 15.2. The molecule has 0 aliphatic carbocycles. The fraction of sp³-hybridized carbons (Fsp3) is 0. The Labute approximate surface area is 135 Å². The summed E-state index contributed by atoms with van der Waals surface area (Å²) >= 11 is 0. The van der Waals surface area contributed by atoms with Gasteiger partial charge in [0, 0.05) is 6.07 Å². The van der Waals surface area contributed by atoms with Crippen molar-refractivity contribution >= 4 is 8.60 Å². The molecule has 0 saturated carbocycles. The van der Waals surface area contributed by atoms with E-state index in [1.807, 2.05) is 60.7 Å². The van der Waals surface area contributed by atoms with Crippen molar-refractivity contribution in [2.75, 3.05) is 0 Å². The van der Waals surface area contributed by atoms with Crippen molar-refractivity contribution in [1.29, 1.82) is 0 Å². The van der Waals surface area contributed by atoms with E-state index in [0.29, 0.717) is 17.2 Å². The van der Waals surface area contributed by atoms with Gasteiger partial charge in [-0.3, -0.25) is 0 Å². The quantitative estimate of drug-likeness (QED) is 0.636. The standard InChI is InChI=1S/C18H15O4P/c19-15-8-7-13-18(14-15)22-23(20-16-9-3-1-4-10-16)21-17-11-5-2-6-12-17/h1-14,19H. The minimum absolute atomic E-state index is 0.122. The SMILES string of the molecule is Oc1cccc(OP(Oc2ccccc2)Oc2ccccc2)c1. The third-order valence-corrected chi connectivity index (χ3v) is 3.92. The molecule has 0 aliphatic rings. The van der Waals surface area contributed by atoms with E-state index in [0.717, 1.165) is 0 Å². The Morgan fingerprint density at radius 1 is 0.565 bits per heavy atom. The van der Waals surface area contributed by atoms with Gasteiger partial charge >= 0.3 is 8.60 Å². The number of aromatic hydroxyl groups is 1. The van der Waals surface area contributed by atoms with Gasteiger partial charge in [-0.1, -0.05) is 42.5 Å². The summed E-state index contributed by atoms with van der Waals surface area (Å²) in [7, 11) is -1.71. The summed E-state index contributed by atoms with van der Waals surface area (Å²) in [5, 5.41) is 9.55. The van der Waals surface area contributed by atoms with E-state index in [4.69, 9.17) is 13.6 Å². The molecule has 0 saturated heterocycles. The highest BCUT2D eigenvalue weighted by atomic mass is 31.2. The van der Waals surface area contributed by atoms with E-state index < -0.39 is 8.60 Å². The summed E-state index contributed by atoms with van der Waals surface area (Å²) in [6, 6.07) is 25.1. The molecule has 0 bridgehead atoms. The monoisotopic (exact) mass is 326 g/mol. The van der Waals surface area contributed by atoms with E-state index in [9.17, 15) is 5.11 Å². The zero-order chi connectivity index (χ0) is 15.9. The van der Waals surface area contributed by atoms with E-state index in [2.05, 4.69) is 0 Å². The number of hydrogen-bond donors (Lipinski definition) is 1. The molecule has 23 heavy (non-hydrogen) atoms. The summed E-state index contributed by atoms with van der Waals surface area (Å²) < 4.78 is 17.4. The highest BCUT2D eigenvalue weighted by Gasteiger charge is 2.19. The van der Waals surface area contributed by atoms with Gasteiger partial charge in [0.15, 0.2) is 0 Å². The number of hydrogen-bond acceptors (Lipinski definition) is 4. The molecule has 0 unspecified atom stereocenters. The molecule has 116 valence electrons. The van der Waals surface area contributed by atoms with Crippen molar-refractivity contribution in [2.24, 2.45) is 0 Å². The van der Waals surface area contributed by atoms with Gasteiger partial charge in [0.1, 0.15) is 23.0 Å². The first-order valence-electron chi connectivity index (χ1n) is 7.03. The lowest BCUT2D eigenvalue weighted by molar-refractivity contribution is 0.386. The van der Waals surface area contributed by atoms with Gasteiger partial charge in [0.05, 0.1) is 0 Å².